The number of rotatable bonds is 3. The lowest BCUT2D eigenvalue weighted by Crippen LogP contribution is -1.88. The second-order valence-electron chi connectivity index (χ2n) is 3.48. The van der Waals surface area contributed by atoms with Gasteiger partial charge in [0.2, 0.25) is 0 Å². The molecule has 17 heavy (non-hydrogen) atoms. The zero-order valence-corrected chi connectivity index (χ0v) is 11.2. The molecule has 0 bridgehead atoms. The highest BCUT2D eigenvalue weighted by molar-refractivity contribution is 14.1. The maximum atomic E-state index is 8.87. The van der Waals surface area contributed by atoms with Gasteiger partial charge in [-0.2, -0.15) is 5.26 Å². The molecule has 0 aliphatic carbocycles. The van der Waals surface area contributed by atoms with E-state index in [4.69, 9.17) is 10.00 Å². The second-order valence-corrected chi connectivity index (χ2v) is 4.72. The first-order valence-electron chi connectivity index (χ1n) is 5.16. The molecule has 84 valence electrons. The van der Waals surface area contributed by atoms with Gasteiger partial charge in [0.05, 0.1) is 6.07 Å². The van der Waals surface area contributed by atoms with E-state index >= 15 is 0 Å². The van der Waals surface area contributed by atoms with E-state index < -0.39 is 0 Å². The zero-order valence-electron chi connectivity index (χ0n) is 9.01. The first-order valence-corrected chi connectivity index (χ1v) is 6.41. The Labute approximate surface area is 114 Å². The molecule has 0 heterocycles. The Morgan fingerprint density at radius 3 is 2.41 bits per heavy atom. The van der Waals surface area contributed by atoms with Crippen LogP contribution in [0.1, 0.15) is 9.49 Å². The summed E-state index contributed by atoms with van der Waals surface area (Å²) in [6.45, 7) is 0. The van der Waals surface area contributed by atoms with Gasteiger partial charge >= 0.3 is 0 Å². The molecule has 0 spiro atoms. The Balaban J connectivity index is 2.20. The maximum absolute atomic E-state index is 8.87. The summed E-state index contributed by atoms with van der Waals surface area (Å²) in [7, 11) is 0. The normalized spacial score (nSPS) is 11.5. The third-order valence-corrected chi connectivity index (χ3v) is 3.24. The van der Waals surface area contributed by atoms with Crippen LogP contribution in [0.3, 0.4) is 0 Å². The van der Waals surface area contributed by atoms with E-state index in [-0.39, 0.29) is 3.92 Å². The predicted molar refractivity (Wildman–Crippen MR) is 75.3 cm³/mol. The Hall–Kier alpha value is -1.54. The lowest BCUT2D eigenvalue weighted by Gasteiger charge is -2.07. The van der Waals surface area contributed by atoms with Crippen LogP contribution in [0.15, 0.2) is 54.6 Å². The molecule has 2 rings (SSSR count). The van der Waals surface area contributed by atoms with Gasteiger partial charge in [0.25, 0.3) is 0 Å². The summed E-state index contributed by atoms with van der Waals surface area (Å²) in [6, 6.07) is 19.4. The van der Waals surface area contributed by atoms with Gasteiger partial charge in [-0.05, 0) is 29.8 Å². The summed E-state index contributed by atoms with van der Waals surface area (Å²) in [6.07, 6.45) is 0. The highest BCUT2D eigenvalue weighted by Gasteiger charge is 2.06. The topological polar surface area (TPSA) is 33.0 Å². The van der Waals surface area contributed by atoms with E-state index in [2.05, 4.69) is 28.7 Å². The largest absolute Gasteiger partial charge is 0.457 e. The molecule has 0 aliphatic heterocycles. The van der Waals surface area contributed by atoms with Gasteiger partial charge in [-0.1, -0.05) is 52.9 Å². The van der Waals surface area contributed by atoms with Gasteiger partial charge < -0.3 is 4.74 Å². The van der Waals surface area contributed by atoms with Crippen molar-refractivity contribution < 1.29 is 4.74 Å². The Kier molecular flexibility index (Phi) is 3.99. The molecule has 0 aliphatic rings. The fraction of sp³-hybridized carbons (Fsp3) is 0.0714. The van der Waals surface area contributed by atoms with Gasteiger partial charge in [-0.15, -0.1) is 0 Å². The second kappa shape index (κ2) is 5.69. The van der Waals surface area contributed by atoms with Crippen LogP contribution in [-0.4, -0.2) is 0 Å². The van der Waals surface area contributed by atoms with Crippen LogP contribution < -0.4 is 4.74 Å². The molecule has 0 radical (unpaired) electrons. The Bertz CT molecular complexity index is 533. The lowest BCUT2D eigenvalue weighted by atomic mass is 10.1. The number of halogens is 1. The van der Waals surface area contributed by atoms with E-state index in [1.54, 1.807) is 0 Å². The fourth-order valence-electron chi connectivity index (χ4n) is 1.43. The van der Waals surface area contributed by atoms with Crippen LogP contribution in [0, 0.1) is 11.3 Å². The van der Waals surface area contributed by atoms with Gasteiger partial charge in [0.1, 0.15) is 15.4 Å². The Morgan fingerprint density at radius 1 is 1.00 bits per heavy atom. The van der Waals surface area contributed by atoms with Crippen molar-refractivity contribution in [3.8, 4) is 17.6 Å². The van der Waals surface area contributed by atoms with Gasteiger partial charge in [0, 0.05) is 0 Å². The average Bonchev–Trinajstić information content (AvgIpc) is 2.39. The SMILES string of the molecule is N#CC(I)c1cccc(Oc2ccccc2)c1. The summed E-state index contributed by atoms with van der Waals surface area (Å²) >= 11 is 2.10. The van der Waals surface area contributed by atoms with Crippen molar-refractivity contribution in [1.29, 1.82) is 5.26 Å². The molecule has 0 amide bonds. The third kappa shape index (κ3) is 3.21. The zero-order chi connectivity index (χ0) is 12.1. The van der Waals surface area contributed by atoms with Crippen molar-refractivity contribution in [2.75, 3.05) is 0 Å². The van der Waals surface area contributed by atoms with E-state index in [0.717, 1.165) is 17.1 Å². The van der Waals surface area contributed by atoms with Crippen molar-refractivity contribution >= 4 is 22.6 Å². The first kappa shape index (κ1) is 11.9. The molecular formula is C14H10INO. The summed E-state index contributed by atoms with van der Waals surface area (Å²) in [5.41, 5.74) is 0.960. The highest BCUT2D eigenvalue weighted by atomic mass is 127. The van der Waals surface area contributed by atoms with Crippen molar-refractivity contribution in [2.24, 2.45) is 0 Å². The molecule has 3 heteroatoms. The molecule has 0 N–H and O–H groups in total. The smallest absolute Gasteiger partial charge is 0.127 e. The molecule has 1 atom stereocenters. The molecule has 2 nitrogen and oxygen atoms in total. The number of hydrogen-bond acceptors (Lipinski definition) is 2. The van der Waals surface area contributed by atoms with E-state index in [1.807, 2.05) is 54.6 Å². The van der Waals surface area contributed by atoms with Gasteiger partial charge in [-0.25, -0.2) is 0 Å². The minimum absolute atomic E-state index is 0.146. The number of nitriles is 1. The third-order valence-electron chi connectivity index (χ3n) is 2.24. The predicted octanol–water partition coefficient (Wildman–Crippen LogP) is 4.48. The van der Waals surface area contributed by atoms with Crippen molar-refractivity contribution in [1.82, 2.24) is 0 Å². The minimum atomic E-state index is -0.146. The number of ether oxygens (including phenoxy) is 1. The molecule has 2 aromatic rings. The molecule has 0 aromatic heterocycles. The van der Waals surface area contributed by atoms with Crippen molar-refractivity contribution in [3.05, 3.63) is 60.2 Å². The van der Waals surface area contributed by atoms with Gasteiger partial charge in [-0.3, -0.25) is 0 Å². The lowest BCUT2D eigenvalue weighted by molar-refractivity contribution is 0.482. The van der Waals surface area contributed by atoms with E-state index in [1.165, 1.54) is 0 Å². The molecule has 0 saturated heterocycles. The highest BCUT2D eigenvalue weighted by Crippen LogP contribution is 2.28. The van der Waals surface area contributed by atoms with E-state index in [0.29, 0.717) is 0 Å². The summed E-state index contributed by atoms with van der Waals surface area (Å²) in [5, 5.41) is 8.87. The van der Waals surface area contributed by atoms with Crippen LogP contribution in [-0.2, 0) is 0 Å². The fourth-order valence-corrected chi connectivity index (χ4v) is 1.82. The molecule has 0 saturated carbocycles. The minimum Gasteiger partial charge on any atom is -0.457 e. The molecular weight excluding hydrogens is 325 g/mol. The number of benzene rings is 2. The van der Waals surface area contributed by atoms with Crippen LogP contribution in [0.5, 0.6) is 11.5 Å². The van der Waals surface area contributed by atoms with Crippen molar-refractivity contribution in [2.45, 2.75) is 3.92 Å². The number of hydrogen-bond donors (Lipinski definition) is 0. The maximum Gasteiger partial charge on any atom is 0.127 e. The summed E-state index contributed by atoms with van der Waals surface area (Å²) in [4.78, 5) is 0. The number of nitrogens with zero attached hydrogens (tertiary/aromatic N) is 1. The van der Waals surface area contributed by atoms with Crippen LogP contribution in [0.2, 0.25) is 0 Å². The summed E-state index contributed by atoms with van der Waals surface area (Å²) < 4.78 is 5.55. The first-order chi connectivity index (χ1) is 8.29. The quantitative estimate of drug-likeness (QED) is 0.612. The standard InChI is InChI=1S/C14H10INO/c15-14(10-16)11-5-4-8-13(9-11)17-12-6-2-1-3-7-12/h1-9,14H. The number of alkyl halides is 1. The van der Waals surface area contributed by atoms with E-state index in [9.17, 15) is 0 Å². The molecule has 0 fully saturated rings. The van der Waals surface area contributed by atoms with Gasteiger partial charge in [0.15, 0.2) is 0 Å². The number of para-hydroxylation sites is 1. The molecule has 2 aromatic carbocycles. The monoisotopic (exact) mass is 335 g/mol. The Morgan fingerprint density at radius 2 is 1.71 bits per heavy atom. The van der Waals surface area contributed by atoms with Crippen LogP contribution in [0.4, 0.5) is 0 Å². The van der Waals surface area contributed by atoms with Crippen LogP contribution in [0.25, 0.3) is 0 Å². The summed E-state index contributed by atoms with van der Waals surface area (Å²) in [5.74, 6) is 1.55. The average molecular weight is 335 g/mol. The van der Waals surface area contributed by atoms with Crippen molar-refractivity contribution in [3.63, 3.8) is 0 Å². The van der Waals surface area contributed by atoms with Crippen LogP contribution >= 0.6 is 22.6 Å². The molecule has 1 unspecified atom stereocenters.